The molecule has 3 aromatic rings. The van der Waals surface area contributed by atoms with Crippen molar-refractivity contribution in [2.24, 2.45) is 0 Å². The van der Waals surface area contributed by atoms with E-state index in [1.165, 1.54) is 0 Å². The molecule has 0 bridgehead atoms. The number of halogens is 9. The molecule has 0 aromatic carbocycles. The van der Waals surface area contributed by atoms with E-state index < -0.39 is 42.0 Å². The van der Waals surface area contributed by atoms with Crippen molar-refractivity contribution >= 4 is 23.8 Å². The van der Waals surface area contributed by atoms with Crippen LogP contribution in [0.4, 0.5) is 39.5 Å². The molecule has 13 nitrogen and oxygen atoms in total. The van der Waals surface area contributed by atoms with Crippen LogP contribution in [0.15, 0.2) is 73.4 Å². The van der Waals surface area contributed by atoms with Gasteiger partial charge < -0.3 is 25.0 Å². The van der Waals surface area contributed by atoms with Gasteiger partial charge in [-0.3, -0.25) is 24.6 Å². The van der Waals surface area contributed by atoms with Crippen LogP contribution in [0.25, 0.3) is 0 Å². The number of rotatable bonds is 5. The molecule has 5 rings (SSSR count). The van der Waals surface area contributed by atoms with Crippen molar-refractivity contribution in [3.63, 3.8) is 0 Å². The highest BCUT2D eigenvalue weighted by molar-refractivity contribution is 5.88. The molecule has 2 aliphatic rings. The van der Waals surface area contributed by atoms with Gasteiger partial charge in [-0.1, -0.05) is 18.2 Å². The van der Waals surface area contributed by atoms with Gasteiger partial charge in [-0.25, -0.2) is 14.4 Å². The summed E-state index contributed by atoms with van der Waals surface area (Å²) in [6.45, 7) is 3.56. The van der Waals surface area contributed by atoms with Gasteiger partial charge in [-0.15, -0.1) is 0 Å². The number of aromatic nitrogens is 3. The maximum atomic E-state index is 13.9. The van der Waals surface area contributed by atoms with Gasteiger partial charge >= 0.3 is 36.4 Å². The molecular formula is C30H28F9N5O8. The molecule has 3 aromatic heterocycles. The summed E-state index contributed by atoms with van der Waals surface area (Å²) in [7, 11) is 0. The zero-order chi connectivity index (χ0) is 39.3. The Morgan fingerprint density at radius 2 is 1.31 bits per heavy atom. The number of hydrogen-bond donors (Lipinski definition) is 3. The highest BCUT2D eigenvalue weighted by Crippen LogP contribution is 2.42. The van der Waals surface area contributed by atoms with E-state index in [2.05, 4.69) is 19.9 Å². The van der Waals surface area contributed by atoms with Gasteiger partial charge in [-0.05, 0) is 35.4 Å². The number of carboxylic acid groups (broad SMARTS) is 3. The van der Waals surface area contributed by atoms with E-state index in [9.17, 15) is 44.3 Å². The van der Waals surface area contributed by atoms with E-state index in [0.717, 1.165) is 23.4 Å². The number of alkyl halides is 9. The van der Waals surface area contributed by atoms with Gasteiger partial charge in [0.15, 0.2) is 5.60 Å². The number of aliphatic carboxylic acids is 3. The van der Waals surface area contributed by atoms with Crippen LogP contribution in [0.5, 0.6) is 0 Å². The highest BCUT2D eigenvalue weighted by atomic mass is 19.4. The summed E-state index contributed by atoms with van der Waals surface area (Å²) in [6.07, 6.45) is -6.27. The summed E-state index contributed by atoms with van der Waals surface area (Å²) in [4.78, 5) is 57.7. The maximum Gasteiger partial charge on any atom is 0.490 e. The molecule has 2 saturated heterocycles. The predicted octanol–water partition coefficient (Wildman–Crippen LogP) is 4.17. The van der Waals surface area contributed by atoms with Gasteiger partial charge in [0, 0.05) is 69.6 Å². The second kappa shape index (κ2) is 18.2. The minimum atomic E-state index is -5.08. The first-order valence-corrected chi connectivity index (χ1v) is 14.3. The quantitative estimate of drug-likeness (QED) is 0.317. The zero-order valence-electron chi connectivity index (χ0n) is 26.3. The fraction of sp³-hybridized carbons (Fsp3) is 0.367. The summed E-state index contributed by atoms with van der Waals surface area (Å²) >= 11 is 0. The number of morpholine rings is 1. The molecule has 2 fully saturated rings. The second-order valence-electron chi connectivity index (χ2n) is 10.6. The van der Waals surface area contributed by atoms with Crippen LogP contribution in [0, 0.1) is 0 Å². The lowest BCUT2D eigenvalue weighted by atomic mass is 9.83. The number of likely N-dealkylation sites (tertiary alicyclic amines) is 1. The Morgan fingerprint density at radius 3 is 1.75 bits per heavy atom. The van der Waals surface area contributed by atoms with E-state index in [0.29, 0.717) is 32.8 Å². The minimum Gasteiger partial charge on any atom is -0.475 e. The van der Waals surface area contributed by atoms with Crippen LogP contribution >= 0.6 is 0 Å². The lowest BCUT2D eigenvalue weighted by Gasteiger charge is -2.42. The number of pyridine rings is 3. The molecule has 2 aliphatic heterocycles. The molecule has 1 spiro atoms. The van der Waals surface area contributed by atoms with Crippen molar-refractivity contribution < 1.29 is 78.7 Å². The number of hydrogen-bond acceptors (Lipinski definition) is 9. The number of nitrogens with zero attached hydrogens (tertiary/aromatic N) is 5. The van der Waals surface area contributed by atoms with E-state index >= 15 is 0 Å². The third-order valence-corrected chi connectivity index (χ3v) is 6.85. The summed E-state index contributed by atoms with van der Waals surface area (Å²) in [5.41, 5.74) is 2.12. The van der Waals surface area contributed by atoms with Crippen molar-refractivity contribution in [1.29, 1.82) is 0 Å². The summed E-state index contributed by atoms with van der Waals surface area (Å²) in [5, 5.41) is 21.4. The molecule has 0 aliphatic carbocycles. The number of amides is 1. The molecule has 22 heteroatoms. The van der Waals surface area contributed by atoms with Crippen molar-refractivity contribution in [2.75, 3.05) is 26.2 Å². The lowest BCUT2D eigenvalue weighted by molar-refractivity contribution is -0.193. The zero-order valence-corrected chi connectivity index (χ0v) is 26.3. The van der Waals surface area contributed by atoms with Gasteiger partial charge in [0.1, 0.15) is 0 Å². The van der Waals surface area contributed by atoms with E-state index in [-0.39, 0.29) is 11.8 Å². The Balaban J connectivity index is 0.000000365. The van der Waals surface area contributed by atoms with Gasteiger partial charge in [-0.2, -0.15) is 39.5 Å². The normalized spacial score (nSPS) is 18.9. The first-order valence-electron chi connectivity index (χ1n) is 14.3. The van der Waals surface area contributed by atoms with Gasteiger partial charge in [0.2, 0.25) is 0 Å². The molecule has 52 heavy (non-hydrogen) atoms. The molecular weight excluding hydrogens is 729 g/mol. The molecule has 3 N–H and O–H groups in total. The Morgan fingerprint density at radius 1 is 0.769 bits per heavy atom. The third-order valence-electron chi connectivity index (χ3n) is 6.85. The molecule has 1 amide bonds. The summed E-state index contributed by atoms with van der Waals surface area (Å²) < 4.78 is 102. The fourth-order valence-corrected chi connectivity index (χ4v) is 4.71. The van der Waals surface area contributed by atoms with Crippen molar-refractivity contribution in [3.8, 4) is 0 Å². The average molecular weight is 758 g/mol. The number of carbonyl (C=O) groups is 4. The number of carbonyl (C=O) groups excluding carboxylic acids is 1. The smallest absolute Gasteiger partial charge is 0.475 e. The van der Waals surface area contributed by atoms with Crippen LogP contribution in [-0.2, 0) is 37.0 Å². The van der Waals surface area contributed by atoms with E-state index in [4.69, 9.17) is 34.4 Å². The minimum absolute atomic E-state index is 0.0416. The summed E-state index contributed by atoms with van der Waals surface area (Å²) in [5.74, 6) is -8.32. The standard InChI is InChI=1S/C24H25N5O2.3C2HF3O2/c30-23-24(31-12-11-29(23)15-19-5-3-8-25-13-19)18-28(16-21-7-1-2-10-27-21)17-22(24)20-6-4-9-26-14-20;3*3-2(4,5)1(6)7/h1-10,13-14,22H,11-12,15-18H2;3*(H,6,7). The Bertz CT molecular complexity index is 1560. The van der Waals surface area contributed by atoms with Crippen LogP contribution in [-0.4, -0.2) is 114 Å². The molecule has 5 heterocycles. The van der Waals surface area contributed by atoms with Crippen LogP contribution < -0.4 is 0 Å². The third kappa shape index (κ3) is 13.1. The Kier molecular flexibility index (Phi) is 15.0. The largest absolute Gasteiger partial charge is 0.490 e. The van der Waals surface area contributed by atoms with E-state index in [1.54, 1.807) is 18.6 Å². The first kappa shape index (κ1) is 42.8. The SMILES string of the molecule is O=C(O)C(F)(F)F.O=C(O)C(F)(F)F.O=C(O)C(F)(F)F.O=C1N(Cc2cccnc2)CCOC12CN(Cc1ccccn1)CC2c1cccnc1. The predicted molar refractivity (Wildman–Crippen MR) is 156 cm³/mol. The Hall–Kier alpha value is -5.38. The first-order chi connectivity index (χ1) is 24.1. The maximum absolute atomic E-state index is 13.9. The lowest BCUT2D eigenvalue weighted by Crippen LogP contribution is -2.59. The Labute approximate surface area is 287 Å². The topological polar surface area (TPSA) is 183 Å². The molecule has 0 radical (unpaired) electrons. The van der Waals surface area contributed by atoms with E-state index in [1.807, 2.05) is 59.8 Å². The van der Waals surface area contributed by atoms with Crippen molar-refractivity contribution in [3.05, 3.63) is 90.3 Å². The second-order valence-corrected chi connectivity index (χ2v) is 10.6. The molecule has 2 unspecified atom stereocenters. The molecule has 2 atom stereocenters. The van der Waals surface area contributed by atoms with Crippen LogP contribution in [0.1, 0.15) is 22.7 Å². The number of ether oxygens (including phenoxy) is 1. The molecule has 0 saturated carbocycles. The fourth-order valence-electron chi connectivity index (χ4n) is 4.71. The monoisotopic (exact) mass is 757 g/mol. The van der Waals surface area contributed by atoms with Crippen molar-refractivity contribution in [2.45, 2.75) is 43.1 Å². The van der Waals surface area contributed by atoms with Crippen molar-refractivity contribution in [1.82, 2.24) is 24.8 Å². The van der Waals surface area contributed by atoms with Crippen LogP contribution in [0.3, 0.4) is 0 Å². The molecule has 284 valence electrons. The highest BCUT2D eigenvalue weighted by Gasteiger charge is 2.57. The average Bonchev–Trinajstić information content (AvgIpc) is 3.42. The van der Waals surface area contributed by atoms with Crippen LogP contribution in [0.2, 0.25) is 0 Å². The summed E-state index contributed by atoms with van der Waals surface area (Å²) in [6, 6.07) is 13.8. The number of carboxylic acids is 3. The van der Waals surface area contributed by atoms with Gasteiger partial charge in [0.25, 0.3) is 5.91 Å². The van der Waals surface area contributed by atoms with Gasteiger partial charge in [0.05, 0.1) is 12.3 Å².